The van der Waals surface area contributed by atoms with Crippen LogP contribution in [-0.4, -0.2) is 38.8 Å². The number of halogens is 1. The van der Waals surface area contributed by atoms with E-state index < -0.39 is 0 Å². The van der Waals surface area contributed by atoms with Gasteiger partial charge in [0.05, 0.1) is 12.3 Å². The minimum absolute atomic E-state index is 0.128. The van der Waals surface area contributed by atoms with Crippen LogP contribution in [0.25, 0.3) is 5.69 Å². The molecule has 5 nitrogen and oxygen atoms in total. The van der Waals surface area contributed by atoms with Crippen molar-refractivity contribution in [1.29, 1.82) is 0 Å². The van der Waals surface area contributed by atoms with Gasteiger partial charge in [0.2, 0.25) is 0 Å². The third kappa shape index (κ3) is 4.10. The average molecular weight is 339 g/mol. The molecule has 0 spiro atoms. The largest absolute Gasteiger partial charge is 0.395 e. The number of aromatic nitrogens is 2. The number of hydrogen-bond acceptors (Lipinski definition) is 3. The Labute approximate surface area is 144 Å². The molecule has 2 aromatic carbocycles. The smallest absolute Gasteiger partial charge is 0.274 e. The van der Waals surface area contributed by atoms with Crippen LogP contribution in [0.1, 0.15) is 16.1 Å². The summed E-state index contributed by atoms with van der Waals surface area (Å²) in [6.07, 6.45) is 1.65. The summed E-state index contributed by atoms with van der Waals surface area (Å²) in [7, 11) is 0. The molecule has 0 saturated carbocycles. The molecule has 3 aromatic rings. The fourth-order valence-electron chi connectivity index (χ4n) is 2.51. The van der Waals surface area contributed by atoms with Crippen molar-refractivity contribution in [3.05, 3.63) is 83.9 Å². The number of aliphatic hydroxyl groups excluding tert-OH is 1. The molecule has 128 valence electrons. The maximum absolute atomic E-state index is 13.0. The van der Waals surface area contributed by atoms with Crippen molar-refractivity contribution in [3.63, 3.8) is 0 Å². The van der Waals surface area contributed by atoms with Crippen LogP contribution in [0.15, 0.2) is 66.9 Å². The van der Waals surface area contributed by atoms with Crippen molar-refractivity contribution in [2.75, 3.05) is 13.2 Å². The molecule has 0 aliphatic carbocycles. The van der Waals surface area contributed by atoms with E-state index in [4.69, 9.17) is 0 Å². The topological polar surface area (TPSA) is 58.4 Å². The maximum atomic E-state index is 13.0. The zero-order valence-corrected chi connectivity index (χ0v) is 13.5. The molecule has 25 heavy (non-hydrogen) atoms. The van der Waals surface area contributed by atoms with E-state index in [9.17, 15) is 14.3 Å². The summed E-state index contributed by atoms with van der Waals surface area (Å²) in [5.41, 5.74) is 1.91. The third-order valence-electron chi connectivity index (χ3n) is 3.77. The molecule has 1 heterocycles. The number of aliphatic hydroxyl groups is 1. The Kier molecular flexibility index (Phi) is 5.20. The Balaban J connectivity index is 1.79. The van der Waals surface area contributed by atoms with Crippen LogP contribution in [0.4, 0.5) is 4.39 Å². The van der Waals surface area contributed by atoms with Gasteiger partial charge in [-0.3, -0.25) is 4.79 Å². The molecule has 0 atom stereocenters. The number of benzene rings is 2. The lowest BCUT2D eigenvalue weighted by Crippen LogP contribution is -2.33. The number of hydrogen-bond donors (Lipinski definition) is 1. The average Bonchev–Trinajstić information content (AvgIpc) is 3.12. The standard InChI is InChI=1S/C19H18FN3O2/c20-16-6-8-17(9-7-16)23-11-10-18(21-23)19(25)22(12-13-24)14-15-4-2-1-3-5-15/h1-11,24H,12-14H2. The lowest BCUT2D eigenvalue weighted by Gasteiger charge is -2.20. The Morgan fingerprint density at radius 1 is 1.08 bits per heavy atom. The van der Waals surface area contributed by atoms with Gasteiger partial charge < -0.3 is 10.0 Å². The van der Waals surface area contributed by atoms with Crippen molar-refractivity contribution in [3.8, 4) is 5.69 Å². The number of amides is 1. The van der Waals surface area contributed by atoms with Crippen molar-refractivity contribution in [2.24, 2.45) is 0 Å². The fraction of sp³-hybridized carbons (Fsp3) is 0.158. The quantitative estimate of drug-likeness (QED) is 0.751. The molecule has 0 aliphatic heterocycles. The zero-order valence-electron chi connectivity index (χ0n) is 13.5. The van der Waals surface area contributed by atoms with Gasteiger partial charge in [0, 0.05) is 19.3 Å². The highest BCUT2D eigenvalue weighted by molar-refractivity contribution is 5.92. The molecule has 3 rings (SSSR count). The molecular weight excluding hydrogens is 321 g/mol. The van der Waals surface area contributed by atoms with Gasteiger partial charge in [-0.1, -0.05) is 30.3 Å². The summed E-state index contributed by atoms with van der Waals surface area (Å²) in [5.74, 6) is -0.594. The lowest BCUT2D eigenvalue weighted by atomic mass is 10.2. The van der Waals surface area contributed by atoms with Gasteiger partial charge in [0.1, 0.15) is 5.82 Å². The molecule has 0 saturated heterocycles. The van der Waals surface area contributed by atoms with Crippen molar-refractivity contribution >= 4 is 5.91 Å². The van der Waals surface area contributed by atoms with Gasteiger partial charge >= 0.3 is 0 Å². The summed E-state index contributed by atoms with van der Waals surface area (Å²) in [4.78, 5) is 14.3. The fourth-order valence-corrected chi connectivity index (χ4v) is 2.51. The number of nitrogens with zero attached hydrogens (tertiary/aromatic N) is 3. The first kappa shape index (κ1) is 16.9. The highest BCUT2D eigenvalue weighted by Gasteiger charge is 2.18. The summed E-state index contributed by atoms with van der Waals surface area (Å²) in [6.45, 7) is 0.484. The SMILES string of the molecule is O=C(c1ccn(-c2ccc(F)cc2)n1)N(CCO)Cc1ccccc1. The van der Waals surface area contributed by atoms with Gasteiger partial charge in [-0.25, -0.2) is 9.07 Å². The Hall–Kier alpha value is -2.99. The first-order valence-corrected chi connectivity index (χ1v) is 7.93. The number of carbonyl (C=O) groups excluding carboxylic acids is 1. The van der Waals surface area contributed by atoms with Gasteiger partial charge in [0.15, 0.2) is 5.69 Å². The van der Waals surface area contributed by atoms with E-state index in [1.54, 1.807) is 29.3 Å². The second kappa shape index (κ2) is 7.72. The summed E-state index contributed by atoms with van der Waals surface area (Å²) in [5, 5.41) is 13.5. The minimum Gasteiger partial charge on any atom is -0.395 e. The summed E-state index contributed by atoms with van der Waals surface area (Å²) < 4.78 is 14.5. The normalized spacial score (nSPS) is 10.6. The van der Waals surface area contributed by atoms with Gasteiger partial charge in [-0.05, 0) is 35.9 Å². The molecule has 0 aliphatic rings. The molecule has 1 aromatic heterocycles. The van der Waals surface area contributed by atoms with Gasteiger partial charge in [-0.15, -0.1) is 0 Å². The van der Waals surface area contributed by atoms with E-state index >= 15 is 0 Å². The number of carbonyl (C=O) groups is 1. The van der Waals surface area contributed by atoms with Crippen molar-refractivity contribution in [1.82, 2.24) is 14.7 Å². The van der Waals surface area contributed by atoms with Crippen LogP contribution in [0, 0.1) is 5.82 Å². The Bertz CT molecular complexity index is 831. The Morgan fingerprint density at radius 2 is 1.80 bits per heavy atom. The van der Waals surface area contributed by atoms with Gasteiger partial charge in [0.25, 0.3) is 5.91 Å². The maximum Gasteiger partial charge on any atom is 0.274 e. The lowest BCUT2D eigenvalue weighted by molar-refractivity contribution is 0.0701. The zero-order chi connectivity index (χ0) is 17.6. The monoisotopic (exact) mass is 339 g/mol. The van der Waals surface area contributed by atoms with Crippen molar-refractivity contribution in [2.45, 2.75) is 6.54 Å². The van der Waals surface area contributed by atoms with Gasteiger partial charge in [-0.2, -0.15) is 5.10 Å². The predicted octanol–water partition coefficient (Wildman–Crippen LogP) is 2.65. The summed E-state index contributed by atoms with van der Waals surface area (Å²) in [6, 6.07) is 17.0. The van der Waals surface area contributed by atoms with Crippen LogP contribution in [0.2, 0.25) is 0 Å². The highest BCUT2D eigenvalue weighted by Crippen LogP contribution is 2.12. The predicted molar refractivity (Wildman–Crippen MR) is 91.8 cm³/mol. The number of rotatable bonds is 6. The molecule has 1 amide bonds. The van der Waals surface area contributed by atoms with Crippen LogP contribution >= 0.6 is 0 Å². The molecular formula is C19H18FN3O2. The molecule has 0 fully saturated rings. The van der Waals surface area contributed by atoms with Crippen LogP contribution < -0.4 is 0 Å². The first-order chi connectivity index (χ1) is 12.2. The Morgan fingerprint density at radius 3 is 2.48 bits per heavy atom. The van der Waals surface area contributed by atoms with Crippen LogP contribution in [0.3, 0.4) is 0 Å². The molecule has 0 unspecified atom stereocenters. The molecule has 0 radical (unpaired) electrons. The molecule has 0 bridgehead atoms. The molecule has 6 heteroatoms. The second-order valence-electron chi connectivity index (χ2n) is 5.56. The first-order valence-electron chi connectivity index (χ1n) is 7.93. The van der Waals surface area contributed by atoms with E-state index in [0.717, 1.165) is 5.56 Å². The van der Waals surface area contributed by atoms with E-state index in [1.807, 2.05) is 30.3 Å². The van der Waals surface area contributed by atoms with Crippen molar-refractivity contribution < 1.29 is 14.3 Å². The molecule has 1 N–H and O–H groups in total. The third-order valence-corrected chi connectivity index (χ3v) is 3.77. The van der Waals surface area contributed by atoms with Crippen LogP contribution in [0.5, 0.6) is 0 Å². The highest BCUT2D eigenvalue weighted by atomic mass is 19.1. The van der Waals surface area contributed by atoms with E-state index in [0.29, 0.717) is 12.2 Å². The van der Waals surface area contributed by atoms with E-state index in [-0.39, 0.29) is 30.6 Å². The van der Waals surface area contributed by atoms with Crippen LogP contribution in [-0.2, 0) is 6.54 Å². The van der Waals surface area contributed by atoms with E-state index in [2.05, 4.69) is 5.10 Å². The van der Waals surface area contributed by atoms with E-state index in [1.165, 1.54) is 16.8 Å². The second-order valence-corrected chi connectivity index (χ2v) is 5.56. The minimum atomic E-state index is -0.329. The summed E-state index contributed by atoms with van der Waals surface area (Å²) >= 11 is 0.